The summed E-state index contributed by atoms with van der Waals surface area (Å²) in [6.07, 6.45) is 1.01. The van der Waals surface area contributed by atoms with E-state index in [-0.39, 0.29) is 12.0 Å². The van der Waals surface area contributed by atoms with Crippen LogP contribution < -0.4 is 10.1 Å². The summed E-state index contributed by atoms with van der Waals surface area (Å²) in [6, 6.07) is 9.11. The second-order valence-electron chi connectivity index (χ2n) is 6.02. The van der Waals surface area contributed by atoms with Crippen molar-refractivity contribution in [1.29, 1.82) is 0 Å². The van der Waals surface area contributed by atoms with Crippen molar-refractivity contribution in [2.45, 2.75) is 40.2 Å². The maximum atomic E-state index is 12.2. The van der Waals surface area contributed by atoms with E-state index in [2.05, 4.69) is 29.4 Å². The molecule has 2 rings (SSSR count). The maximum absolute atomic E-state index is 12.2. The summed E-state index contributed by atoms with van der Waals surface area (Å²) in [4.78, 5) is 12.2. The molecule has 1 aromatic heterocycles. The number of hydrogen-bond acceptors (Lipinski definition) is 3. The van der Waals surface area contributed by atoms with Gasteiger partial charge in [-0.2, -0.15) is 5.10 Å². The van der Waals surface area contributed by atoms with E-state index in [0.29, 0.717) is 11.6 Å². The number of benzene rings is 1. The van der Waals surface area contributed by atoms with Crippen LogP contribution in [0.1, 0.15) is 43.9 Å². The number of amides is 1. The fourth-order valence-electron chi connectivity index (χ4n) is 2.11. The van der Waals surface area contributed by atoms with E-state index in [1.54, 1.807) is 6.07 Å². The van der Waals surface area contributed by atoms with Gasteiger partial charge in [0, 0.05) is 11.4 Å². The van der Waals surface area contributed by atoms with Crippen LogP contribution in [0.5, 0.6) is 5.75 Å². The van der Waals surface area contributed by atoms with Crippen molar-refractivity contribution in [1.82, 2.24) is 10.2 Å². The highest BCUT2D eigenvalue weighted by Gasteiger charge is 2.11. The standard InChI is InChI=1S/C17H23N3O2/c1-11(2)9-14-10-16(20-19-14)17(21)18-13-5-7-15(8-6-13)22-12(3)4/h5-8,10-12H,9H2,1-4H3,(H,18,21)(H,19,20). The largest absolute Gasteiger partial charge is 0.491 e. The molecule has 0 saturated heterocycles. The van der Waals surface area contributed by atoms with Crippen LogP contribution in [0.2, 0.25) is 0 Å². The Balaban J connectivity index is 1.98. The molecule has 0 bridgehead atoms. The zero-order chi connectivity index (χ0) is 16.1. The summed E-state index contributed by atoms with van der Waals surface area (Å²) in [5.74, 6) is 1.08. The first-order valence-electron chi connectivity index (χ1n) is 7.56. The predicted molar refractivity (Wildman–Crippen MR) is 87.3 cm³/mol. The van der Waals surface area contributed by atoms with Gasteiger partial charge in [-0.3, -0.25) is 9.89 Å². The van der Waals surface area contributed by atoms with E-state index in [0.717, 1.165) is 23.6 Å². The van der Waals surface area contributed by atoms with Gasteiger partial charge in [-0.25, -0.2) is 0 Å². The van der Waals surface area contributed by atoms with Gasteiger partial charge in [-0.1, -0.05) is 13.8 Å². The van der Waals surface area contributed by atoms with E-state index in [1.165, 1.54) is 0 Å². The van der Waals surface area contributed by atoms with Crippen LogP contribution >= 0.6 is 0 Å². The molecular formula is C17H23N3O2. The Labute approximate surface area is 131 Å². The normalized spacial score (nSPS) is 11.0. The molecule has 0 radical (unpaired) electrons. The second kappa shape index (κ2) is 7.11. The van der Waals surface area contributed by atoms with E-state index >= 15 is 0 Å². The number of nitrogens with zero attached hydrogens (tertiary/aromatic N) is 1. The summed E-state index contributed by atoms with van der Waals surface area (Å²) < 4.78 is 5.57. The van der Waals surface area contributed by atoms with Crippen molar-refractivity contribution >= 4 is 11.6 Å². The summed E-state index contributed by atoms with van der Waals surface area (Å²) in [5, 5.41) is 9.79. The van der Waals surface area contributed by atoms with Crippen molar-refractivity contribution in [3.05, 3.63) is 41.7 Å². The summed E-state index contributed by atoms with van der Waals surface area (Å²) in [7, 11) is 0. The van der Waals surface area contributed by atoms with Crippen LogP contribution in [0.25, 0.3) is 0 Å². The molecule has 0 spiro atoms. The molecule has 0 fully saturated rings. The number of ether oxygens (including phenoxy) is 1. The maximum Gasteiger partial charge on any atom is 0.276 e. The number of carbonyl (C=O) groups excluding carboxylic acids is 1. The first-order chi connectivity index (χ1) is 10.4. The molecule has 0 aliphatic carbocycles. The average molecular weight is 301 g/mol. The van der Waals surface area contributed by atoms with Gasteiger partial charge in [-0.05, 0) is 56.5 Å². The Bertz CT molecular complexity index is 615. The van der Waals surface area contributed by atoms with Crippen LogP contribution in [-0.2, 0) is 6.42 Å². The fraction of sp³-hybridized carbons (Fsp3) is 0.412. The molecule has 0 atom stereocenters. The number of anilines is 1. The first-order valence-corrected chi connectivity index (χ1v) is 7.56. The van der Waals surface area contributed by atoms with Gasteiger partial charge in [-0.15, -0.1) is 0 Å². The highest BCUT2D eigenvalue weighted by molar-refractivity contribution is 6.02. The number of nitrogens with one attached hydrogen (secondary N) is 2. The number of hydrogen-bond donors (Lipinski definition) is 2. The quantitative estimate of drug-likeness (QED) is 0.856. The van der Waals surface area contributed by atoms with Gasteiger partial charge in [0.2, 0.25) is 0 Å². The molecule has 1 heterocycles. The lowest BCUT2D eigenvalue weighted by Crippen LogP contribution is -2.12. The highest BCUT2D eigenvalue weighted by atomic mass is 16.5. The number of rotatable bonds is 6. The minimum Gasteiger partial charge on any atom is -0.491 e. The van der Waals surface area contributed by atoms with Gasteiger partial charge in [0.1, 0.15) is 5.75 Å². The molecular weight excluding hydrogens is 278 g/mol. The molecule has 1 amide bonds. The van der Waals surface area contributed by atoms with Crippen LogP contribution in [0, 0.1) is 5.92 Å². The van der Waals surface area contributed by atoms with Gasteiger partial charge in [0.15, 0.2) is 5.69 Å². The lowest BCUT2D eigenvalue weighted by atomic mass is 10.1. The van der Waals surface area contributed by atoms with Crippen molar-refractivity contribution in [3.8, 4) is 5.75 Å². The Morgan fingerprint density at radius 2 is 1.91 bits per heavy atom. The average Bonchev–Trinajstić information content (AvgIpc) is 2.88. The lowest BCUT2D eigenvalue weighted by Gasteiger charge is -2.10. The van der Waals surface area contributed by atoms with Gasteiger partial charge in [0.05, 0.1) is 6.10 Å². The zero-order valence-electron chi connectivity index (χ0n) is 13.5. The van der Waals surface area contributed by atoms with E-state index in [4.69, 9.17) is 4.74 Å². The molecule has 2 aromatic rings. The number of aromatic amines is 1. The first kappa shape index (κ1) is 16.1. The van der Waals surface area contributed by atoms with E-state index in [9.17, 15) is 4.79 Å². The molecule has 5 heteroatoms. The topological polar surface area (TPSA) is 67.0 Å². The summed E-state index contributed by atoms with van der Waals surface area (Å²) >= 11 is 0. The van der Waals surface area contributed by atoms with Gasteiger partial charge >= 0.3 is 0 Å². The number of carbonyl (C=O) groups is 1. The molecule has 0 unspecified atom stereocenters. The van der Waals surface area contributed by atoms with E-state index < -0.39 is 0 Å². The monoisotopic (exact) mass is 301 g/mol. The number of H-pyrrole nitrogens is 1. The van der Waals surface area contributed by atoms with Crippen molar-refractivity contribution in [2.24, 2.45) is 5.92 Å². The zero-order valence-corrected chi connectivity index (χ0v) is 13.5. The Morgan fingerprint density at radius 3 is 2.50 bits per heavy atom. The second-order valence-corrected chi connectivity index (χ2v) is 6.02. The molecule has 2 N–H and O–H groups in total. The third-order valence-corrected chi connectivity index (χ3v) is 2.98. The van der Waals surface area contributed by atoms with Crippen molar-refractivity contribution in [2.75, 3.05) is 5.32 Å². The van der Waals surface area contributed by atoms with Crippen LogP contribution in [0.4, 0.5) is 5.69 Å². The SMILES string of the molecule is CC(C)Cc1cc(C(=O)Nc2ccc(OC(C)C)cc2)n[nH]1. The Hall–Kier alpha value is -2.30. The smallest absolute Gasteiger partial charge is 0.276 e. The van der Waals surface area contributed by atoms with Crippen LogP contribution in [0.15, 0.2) is 30.3 Å². The molecule has 0 saturated carbocycles. The van der Waals surface area contributed by atoms with Crippen LogP contribution in [0.3, 0.4) is 0 Å². The third-order valence-electron chi connectivity index (χ3n) is 2.98. The molecule has 118 valence electrons. The minimum atomic E-state index is -0.219. The molecule has 0 aliphatic rings. The van der Waals surface area contributed by atoms with Crippen LogP contribution in [-0.4, -0.2) is 22.2 Å². The third kappa shape index (κ3) is 4.62. The van der Waals surface area contributed by atoms with E-state index in [1.807, 2.05) is 38.1 Å². The fourth-order valence-corrected chi connectivity index (χ4v) is 2.11. The summed E-state index contributed by atoms with van der Waals surface area (Å²) in [5.41, 5.74) is 2.09. The lowest BCUT2D eigenvalue weighted by molar-refractivity contribution is 0.102. The molecule has 0 aliphatic heterocycles. The van der Waals surface area contributed by atoms with Gasteiger partial charge in [0.25, 0.3) is 5.91 Å². The Kier molecular flexibility index (Phi) is 5.20. The molecule has 5 nitrogen and oxygen atoms in total. The summed E-state index contributed by atoms with van der Waals surface area (Å²) in [6.45, 7) is 8.20. The Morgan fingerprint density at radius 1 is 1.23 bits per heavy atom. The predicted octanol–water partition coefficient (Wildman–Crippen LogP) is 3.65. The van der Waals surface area contributed by atoms with Crippen molar-refractivity contribution in [3.63, 3.8) is 0 Å². The molecule has 22 heavy (non-hydrogen) atoms. The minimum absolute atomic E-state index is 0.129. The van der Waals surface area contributed by atoms with Gasteiger partial charge < -0.3 is 10.1 Å². The molecule has 1 aromatic carbocycles. The highest BCUT2D eigenvalue weighted by Crippen LogP contribution is 2.17. The number of aromatic nitrogens is 2. The van der Waals surface area contributed by atoms with Crippen molar-refractivity contribution < 1.29 is 9.53 Å².